The van der Waals surface area contributed by atoms with Crippen molar-refractivity contribution in [3.8, 4) is 0 Å². The average molecular weight is 438 g/mol. The second-order valence-corrected chi connectivity index (χ2v) is 7.99. The molecule has 2 rings (SSSR count). The van der Waals surface area contributed by atoms with Crippen molar-refractivity contribution < 1.29 is 9.59 Å². The van der Waals surface area contributed by atoms with Gasteiger partial charge in [-0.2, -0.15) is 0 Å². The first-order valence-corrected chi connectivity index (χ1v) is 10.9. The van der Waals surface area contributed by atoms with Gasteiger partial charge in [0.05, 0.1) is 0 Å². The maximum Gasteiger partial charge on any atom is 0.253 e. The number of rotatable bonds is 9. The van der Waals surface area contributed by atoms with Gasteiger partial charge in [-0.05, 0) is 55.2 Å². The molecule has 2 aromatic rings. The lowest BCUT2D eigenvalue weighted by Crippen LogP contribution is -2.38. The molecule has 0 spiro atoms. The first-order chi connectivity index (χ1) is 15.3. The van der Waals surface area contributed by atoms with Gasteiger partial charge >= 0.3 is 0 Å². The third-order valence-corrected chi connectivity index (χ3v) is 4.88. The van der Waals surface area contributed by atoms with Crippen LogP contribution in [0.2, 0.25) is 0 Å². The Morgan fingerprint density at radius 1 is 0.812 bits per heavy atom. The Morgan fingerprint density at radius 2 is 1.34 bits per heavy atom. The minimum Gasteiger partial charge on any atom is -0.357 e. The molecule has 172 valence electrons. The van der Waals surface area contributed by atoms with Gasteiger partial charge in [0.15, 0.2) is 5.96 Å². The minimum atomic E-state index is 0.00158. The van der Waals surface area contributed by atoms with Crippen molar-refractivity contribution in [3.63, 3.8) is 0 Å². The number of amides is 2. The van der Waals surface area contributed by atoms with E-state index in [1.807, 2.05) is 55.5 Å². The lowest BCUT2D eigenvalue weighted by Gasteiger charge is -2.13. The monoisotopic (exact) mass is 437 g/mol. The van der Waals surface area contributed by atoms with Crippen LogP contribution >= 0.6 is 0 Å². The van der Waals surface area contributed by atoms with E-state index in [-0.39, 0.29) is 11.8 Å². The van der Waals surface area contributed by atoms with Crippen molar-refractivity contribution in [2.45, 2.75) is 19.8 Å². The molecule has 0 aliphatic heterocycles. The Balaban J connectivity index is 1.91. The summed E-state index contributed by atoms with van der Waals surface area (Å²) in [4.78, 5) is 32.1. The quantitative estimate of drug-likeness (QED) is 0.467. The van der Waals surface area contributed by atoms with Gasteiger partial charge in [-0.1, -0.05) is 24.3 Å². The zero-order chi connectivity index (χ0) is 23.5. The molecule has 0 bridgehead atoms. The lowest BCUT2D eigenvalue weighted by atomic mass is 10.1. The van der Waals surface area contributed by atoms with Crippen LogP contribution in [0.15, 0.2) is 53.5 Å². The van der Waals surface area contributed by atoms with Gasteiger partial charge in [-0.25, -0.2) is 0 Å². The molecule has 32 heavy (non-hydrogen) atoms. The van der Waals surface area contributed by atoms with Crippen LogP contribution < -0.4 is 10.6 Å². The molecule has 0 atom stereocenters. The number of carbonyl (C=O) groups excluding carboxylic acids is 2. The highest BCUT2D eigenvalue weighted by Gasteiger charge is 2.09. The minimum absolute atomic E-state index is 0.00158. The summed E-state index contributed by atoms with van der Waals surface area (Å²) in [6.07, 6.45) is 1.54. The number of carbonyl (C=O) groups is 2. The van der Waals surface area contributed by atoms with Gasteiger partial charge in [-0.3, -0.25) is 14.6 Å². The molecule has 0 aliphatic carbocycles. The van der Waals surface area contributed by atoms with Crippen molar-refractivity contribution in [2.75, 3.05) is 47.8 Å². The highest BCUT2D eigenvalue weighted by Crippen LogP contribution is 2.09. The first kappa shape index (κ1) is 24.9. The van der Waals surface area contributed by atoms with Crippen molar-refractivity contribution >= 4 is 17.8 Å². The van der Waals surface area contributed by atoms with Crippen LogP contribution in [0, 0.1) is 0 Å². The summed E-state index contributed by atoms with van der Waals surface area (Å²) < 4.78 is 0. The van der Waals surface area contributed by atoms with E-state index in [0.717, 1.165) is 36.5 Å². The molecule has 7 heteroatoms. The van der Waals surface area contributed by atoms with Crippen LogP contribution in [-0.4, -0.2) is 75.4 Å². The van der Waals surface area contributed by atoms with Crippen LogP contribution in [0.25, 0.3) is 0 Å². The Bertz CT molecular complexity index is 937. The predicted molar refractivity (Wildman–Crippen MR) is 130 cm³/mol. The summed E-state index contributed by atoms with van der Waals surface area (Å²) in [7, 11) is 7.02. The van der Waals surface area contributed by atoms with Crippen molar-refractivity contribution in [1.82, 2.24) is 20.4 Å². The lowest BCUT2D eigenvalue weighted by molar-refractivity contribution is 0.0820. The van der Waals surface area contributed by atoms with Crippen molar-refractivity contribution in [3.05, 3.63) is 70.8 Å². The van der Waals surface area contributed by atoms with Crippen molar-refractivity contribution in [2.24, 2.45) is 4.99 Å². The number of nitrogens with one attached hydrogen (secondary N) is 2. The van der Waals surface area contributed by atoms with Crippen LogP contribution in [0.3, 0.4) is 0 Å². The number of nitrogens with zero attached hydrogens (tertiary/aromatic N) is 3. The SMILES string of the molecule is CCNC(=NCCc1cccc(C(=O)N(C)C)c1)NCCc1cccc(C(=O)N(C)C)c1. The zero-order valence-corrected chi connectivity index (χ0v) is 19.8. The molecule has 2 amide bonds. The smallest absolute Gasteiger partial charge is 0.253 e. The molecule has 0 radical (unpaired) electrons. The summed E-state index contributed by atoms with van der Waals surface area (Å²) in [6, 6.07) is 15.4. The maximum absolute atomic E-state index is 12.2. The first-order valence-electron chi connectivity index (χ1n) is 10.9. The van der Waals surface area contributed by atoms with E-state index in [1.54, 1.807) is 38.0 Å². The molecule has 0 saturated carbocycles. The fourth-order valence-corrected chi connectivity index (χ4v) is 3.20. The average Bonchev–Trinajstić information content (AvgIpc) is 2.78. The van der Waals surface area contributed by atoms with Crippen LogP contribution in [0.4, 0.5) is 0 Å². The second-order valence-electron chi connectivity index (χ2n) is 7.99. The van der Waals surface area contributed by atoms with E-state index >= 15 is 0 Å². The third kappa shape index (κ3) is 7.72. The van der Waals surface area contributed by atoms with Crippen LogP contribution in [0.5, 0.6) is 0 Å². The van der Waals surface area contributed by atoms with E-state index < -0.39 is 0 Å². The van der Waals surface area contributed by atoms with Gasteiger partial charge in [0.1, 0.15) is 0 Å². The fraction of sp³-hybridized carbons (Fsp3) is 0.400. The normalized spacial score (nSPS) is 11.1. The topological polar surface area (TPSA) is 77.0 Å². The number of aliphatic imine (C=N–C) groups is 1. The summed E-state index contributed by atoms with van der Waals surface area (Å²) in [6.45, 7) is 4.12. The molecule has 0 aromatic heterocycles. The Labute approximate surface area is 191 Å². The van der Waals surface area contributed by atoms with E-state index in [1.165, 1.54) is 0 Å². The Kier molecular flexibility index (Phi) is 9.73. The molecule has 2 aromatic carbocycles. The largest absolute Gasteiger partial charge is 0.357 e. The molecule has 2 N–H and O–H groups in total. The molecule has 0 unspecified atom stereocenters. The van der Waals surface area contributed by atoms with Gasteiger partial charge in [0, 0.05) is 59.0 Å². The number of hydrogen-bond donors (Lipinski definition) is 2. The molecule has 0 saturated heterocycles. The predicted octanol–water partition coefficient (Wildman–Crippen LogP) is 2.43. The molecular formula is C25H35N5O2. The van der Waals surface area contributed by atoms with Gasteiger partial charge < -0.3 is 20.4 Å². The van der Waals surface area contributed by atoms with E-state index in [0.29, 0.717) is 24.2 Å². The van der Waals surface area contributed by atoms with Crippen LogP contribution in [-0.2, 0) is 12.8 Å². The number of guanidine groups is 1. The van der Waals surface area contributed by atoms with Gasteiger partial charge in [-0.15, -0.1) is 0 Å². The zero-order valence-electron chi connectivity index (χ0n) is 19.8. The maximum atomic E-state index is 12.2. The van der Waals surface area contributed by atoms with E-state index in [4.69, 9.17) is 0 Å². The summed E-state index contributed by atoms with van der Waals surface area (Å²) in [5.74, 6) is 0.765. The molecule has 0 fully saturated rings. The fourth-order valence-electron chi connectivity index (χ4n) is 3.20. The summed E-state index contributed by atoms with van der Waals surface area (Å²) in [5, 5.41) is 6.62. The highest BCUT2D eigenvalue weighted by molar-refractivity contribution is 5.94. The summed E-state index contributed by atoms with van der Waals surface area (Å²) in [5.41, 5.74) is 3.57. The molecular weight excluding hydrogens is 402 g/mol. The molecule has 7 nitrogen and oxygen atoms in total. The third-order valence-electron chi connectivity index (χ3n) is 4.88. The Morgan fingerprint density at radius 3 is 1.84 bits per heavy atom. The van der Waals surface area contributed by atoms with E-state index in [2.05, 4.69) is 15.6 Å². The van der Waals surface area contributed by atoms with Gasteiger partial charge in [0.2, 0.25) is 0 Å². The number of benzene rings is 2. The highest BCUT2D eigenvalue weighted by atomic mass is 16.2. The number of hydrogen-bond acceptors (Lipinski definition) is 3. The van der Waals surface area contributed by atoms with E-state index in [9.17, 15) is 9.59 Å². The molecule has 0 heterocycles. The van der Waals surface area contributed by atoms with Gasteiger partial charge in [0.25, 0.3) is 11.8 Å². The summed E-state index contributed by atoms with van der Waals surface area (Å²) >= 11 is 0. The molecule has 0 aliphatic rings. The van der Waals surface area contributed by atoms with Crippen LogP contribution in [0.1, 0.15) is 38.8 Å². The van der Waals surface area contributed by atoms with Crippen molar-refractivity contribution in [1.29, 1.82) is 0 Å². The standard InChI is InChI=1S/C25H35N5O2/c1-6-26-25(27-15-13-19-9-7-11-21(17-19)23(31)29(2)3)28-16-14-20-10-8-12-22(18-20)24(32)30(4)5/h7-12,17-18H,6,13-16H2,1-5H3,(H2,26,27,28). The Hall–Kier alpha value is -3.35. The second kappa shape index (κ2) is 12.5.